The average Bonchev–Trinajstić information content (AvgIpc) is 3.16. The normalized spacial score (nSPS) is 19.3. The number of unbranched alkanes of at least 4 members (excludes halogenated alkanes) is 1. The Hall–Kier alpha value is -0.570. The van der Waals surface area contributed by atoms with Gasteiger partial charge in [0, 0.05) is 58.3 Å². The summed E-state index contributed by atoms with van der Waals surface area (Å²) in [5, 5.41) is 6.72. The van der Waals surface area contributed by atoms with Crippen molar-refractivity contribution in [1.29, 1.82) is 0 Å². The third kappa shape index (κ3) is 7.98. The number of guanidine groups is 1. The number of rotatable bonds is 8. The van der Waals surface area contributed by atoms with E-state index in [1.165, 1.54) is 19.3 Å². The first kappa shape index (κ1) is 23.5. The number of halogens is 1. The topological polar surface area (TPSA) is 60.0 Å². The van der Waals surface area contributed by atoms with Crippen molar-refractivity contribution in [3.63, 3.8) is 0 Å². The van der Waals surface area contributed by atoms with Gasteiger partial charge in [-0.05, 0) is 26.2 Å². The molecule has 0 aromatic rings. The molecule has 0 bridgehead atoms. The molecular formula is C19H38IN5O. The van der Waals surface area contributed by atoms with Crippen molar-refractivity contribution >= 4 is 35.8 Å². The number of nitrogens with one attached hydrogen (secondary N) is 2. The van der Waals surface area contributed by atoms with Crippen LogP contribution in [0, 0.1) is 5.92 Å². The molecule has 7 heteroatoms. The average molecular weight is 479 g/mol. The molecule has 1 saturated heterocycles. The van der Waals surface area contributed by atoms with Gasteiger partial charge in [0.1, 0.15) is 0 Å². The van der Waals surface area contributed by atoms with Gasteiger partial charge in [-0.2, -0.15) is 0 Å². The zero-order chi connectivity index (χ0) is 17.9. The van der Waals surface area contributed by atoms with Crippen molar-refractivity contribution in [3.8, 4) is 0 Å². The van der Waals surface area contributed by atoms with Crippen LogP contribution in [0.1, 0.15) is 52.4 Å². The summed E-state index contributed by atoms with van der Waals surface area (Å²) in [6.45, 7) is 11.7. The van der Waals surface area contributed by atoms with E-state index in [0.29, 0.717) is 11.8 Å². The Labute approximate surface area is 176 Å². The SMILES string of the molecule is CCCCN=C(NCC)NCCN1CCN(C(=O)C2CCCC2)CC1.I. The quantitative estimate of drug-likeness (QED) is 0.243. The first-order valence-corrected chi connectivity index (χ1v) is 10.3. The maximum atomic E-state index is 12.5. The number of amides is 1. The predicted molar refractivity (Wildman–Crippen MR) is 119 cm³/mol. The van der Waals surface area contributed by atoms with Crippen LogP contribution in [0.15, 0.2) is 4.99 Å². The van der Waals surface area contributed by atoms with E-state index in [2.05, 4.69) is 39.3 Å². The first-order valence-electron chi connectivity index (χ1n) is 10.3. The summed E-state index contributed by atoms with van der Waals surface area (Å²) in [5.41, 5.74) is 0. The van der Waals surface area contributed by atoms with Crippen molar-refractivity contribution in [2.75, 3.05) is 52.4 Å². The summed E-state index contributed by atoms with van der Waals surface area (Å²) < 4.78 is 0. The lowest BCUT2D eigenvalue weighted by Gasteiger charge is -2.36. The van der Waals surface area contributed by atoms with Gasteiger partial charge >= 0.3 is 0 Å². The highest BCUT2D eigenvalue weighted by molar-refractivity contribution is 14.0. The monoisotopic (exact) mass is 479 g/mol. The number of hydrogen-bond acceptors (Lipinski definition) is 3. The number of carbonyl (C=O) groups excluding carboxylic acids is 1. The van der Waals surface area contributed by atoms with E-state index in [1.54, 1.807) is 0 Å². The van der Waals surface area contributed by atoms with Crippen molar-refractivity contribution in [2.24, 2.45) is 10.9 Å². The van der Waals surface area contributed by atoms with Crippen LogP contribution < -0.4 is 10.6 Å². The van der Waals surface area contributed by atoms with Gasteiger partial charge in [0.15, 0.2) is 5.96 Å². The zero-order valence-electron chi connectivity index (χ0n) is 16.6. The molecule has 1 amide bonds. The van der Waals surface area contributed by atoms with Crippen LogP contribution >= 0.6 is 24.0 Å². The van der Waals surface area contributed by atoms with Gasteiger partial charge in [0.25, 0.3) is 0 Å². The Balaban J connectivity index is 0.00000338. The fourth-order valence-electron chi connectivity index (χ4n) is 3.65. The van der Waals surface area contributed by atoms with Gasteiger partial charge < -0.3 is 15.5 Å². The molecule has 1 aliphatic carbocycles. The second-order valence-corrected chi connectivity index (χ2v) is 7.19. The van der Waals surface area contributed by atoms with Crippen LogP contribution in [0.25, 0.3) is 0 Å². The van der Waals surface area contributed by atoms with E-state index in [-0.39, 0.29) is 24.0 Å². The molecule has 1 heterocycles. The van der Waals surface area contributed by atoms with Crippen LogP contribution in [0.3, 0.4) is 0 Å². The molecule has 2 rings (SSSR count). The third-order valence-corrected chi connectivity index (χ3v) is 5.23. The van der Waals surface area contributed by atoms with Crippen molar-refractivity contribution < 1.29 is 4.79 Å². The van der Waals surface area contributed by atoms with Crippen molar-refractivity contribution in [1.82, 2.24) is 20.4 Å². The number of aliphatic imine (C=N–C) groups is 1. The van der Waals surface area contributed by atoms with Crippen LogP contribution in [0.2, 0.25) is 0 Å². The first-order chi connectivity index (χ1) is 12.2. The maximum absolute atomic E-state index is 12.5. The third-order valence-electron chi connectivity index (χ3n) is 5.23. The molecule has 152 valence electrons. The van der Waals surface area contributed by atoms with E-state index in [4.69, 9.17) is 0 Å². The van der Waals surface area contributed by atoms with Crippen LogP contribution in [-0.2, 0) is 4.79 Å². The van der Waals surface area contributed by atoms with E-state index >= 15 is 0 Å². The molecule has 2 aliphatic rings. The Bertz CT molecular complexity index is 418. The number of nitrogens with zero attached hydrogens (tertiary/aromatic N) is 3. The molecule has 1 saturated carbocycles. The molecule has 1 aliphatic heterocycles. The highest BCUT2D eigenvalue weighted by atomic mass is 127. The summed E-state index contributed by atoms with van der Waals surface area (Å²) in [4.78, 5) is 21.6. The molecular weight excluding hydrogens is 441 g/mol. The standard InChI is InChI=1S/C19H37N5O.HI/c1-3-5-10-21-19(20-4-2)22-11-12-23-13-15-24(16-14-23)18(25)17-8-6-7-9-17;/h17H,3-16H2,1-2H3,(H2,20,21,22);1H. The number of carbonyl (C=O) groups is 1. The molecule has 0 aromatic carbocycles. The smallest absolute Gasteiger partial charge is 0.225 e. The molecule has 2 fully saturated rings. The molecule has 0 atom stereocenters. The minimum absolute atomic E-state index is 0. The fraction of sp³-hybridized carbons (Fsp3) is 0.895. The van der Waals surface area contributed by atoms with Crippen molar-refractivity contribution in [3.05, 3.63) is 0 Å². The van der Waals surface area contributed by atoms with Crippen LogP contribution in [0.4, 0.5) is 0 Å². The van der Waals surface area contributed by atoms with Gasteiger partial charge in [0.05, 0.1) is 0 Å². The summed E-state index contributed by atoms with van der Waals surface area (Å²) in [7, 11) is 0. The molecule has 2 N–H and O–H groups in total. The predicted octanol–water partition coefficient (Wildman–Crippen LogP) is 2.29. The highest BCUT2D eigenvalue weighted by Crippen LogP contribution is 2.26. The minimum Gasteiger partial charge on any atom is -0.357 e. The second kappa shape index (κ2) is 13.6. The van der Waals surface area contributed by atoms with Gasteiger partial charge in [-0.15, -0.1) is 24.0 Å². The Morgan fingerprint density at radius 1 is 1.08 bits per heavy atom. The second-order valence-electron chi connectivity index (χ2n) is 7.19. The summed E-state index contributed by atoms with van der Waals surface area (Å²) in [5.74, 6) is 1.65. The number of hydrogen-bond donors (Lipinski definition) is 2. The summed E-state index contributed by atoms with van der Waals surface area (Å²) in [6.07, 6.45) is 6.98. The van der Waals surface area contributed by atoms with E-state index in [9.17, 15) is 4.79 Å². The Morgan fingerprint density at radius 3 is 2.38 bits per heavy atom. The number of piperazine rings is 1. The molecule has 6 nitrogen and oxygen atoms in total. The van der Waals surface area contributed by atoms with E-state index in [0.717, 1.165) is 77.6 Å². The maximum Gasteiger partial charge on any atom is 0.225 e. The molecule has 26 heavy (non-hydrogen) atoms. The van der Waals surface area contributed by atoms with Crippen LogP contribution in [-0.4, -0.2) is 74.0 Å². The lowest BCUT2D eigenvalue weighted by Crippen LogP contribution is -2.51. The minimum atomic E-state index is 0. The summed E-state index contributed by atoms with van der Waals surface area (Å²) >= 11 is 0. The lowest BCUT2D eigenvalue weighted by molar-refractivity contribution is -0.137. The van der Waals surface area contributed by atoms with Crippen LogP contribution in [0.5, 0.6) is 0 Å². The van der Waals surface area contributed by atoms with Gasteiger partial charge in [-0.1, -0.05) is 26.2 Å². The van der Waals surface area contributed by atoms with Gasteiger partial charge in [0.2, 0.25) is 5.91 Å². The lowest BCUT2D eigenvalue weighted by atomic mass is 10.1. The van der Waals surface area contributed by atoms with Gasteiger partial charge in [-0.25, -0.2) is 0 Å². The van der Waals surface area contributed by atoms with Crippen molar-refractivity contribution in [2.45, 2.75) is 52.4 Å². The largest absolute Gasteiger partial charge is 0.357 e. The molecule has 0 spiro atoms. The van der Waals surface area contributed by atoms with E-state index < -0.39 is 0 Å². The molecule has 0 radical (unpaired) electrons. The molecule has 0 aromatic heterocycles. The summed E-state index contributed by atoms with van der Waals surface area (Å²) in [6, 6.07) is 0. The Kier molecular flexibility index (Phi) is 12.3. The zero-order valence-corrected chi connectivity index (χ0v) is 19.0. The fourth-order valence-corrected chi connectivity index (χ4v) is 3.65. The Morgan fingerprint density at radius 2 is 1.77 bits per heavy atom. The highest BCUT2D eigenvalue weighted by Gasteiger charge is 2.29. The van der Waals surface area contributed by atoms with Gasteiger partial charge in [-0.3, -0.25) is 14.7 Å². The van der Waals surface area contributed by atoms with E-state index in [1.807, 2.05) is 0 Å². The molecule has 0 unspecified atom stereocenters.